The van der Waals surface area contributed by atoms with E-state index in [0.717, 1.165) is 16.8 Å². The Labute approximate surface area is 141 Å². The molecule has 1 N–H and O–H groups in total. The Bertz CT molecular complexity index is 1030. The number of hydrogen-bond acceptors (Lipinski definition) is 2. The Morgan fingerprint density at radius 3 is 2.83 bits per heavy atom. The first-order chi connectivity index (χ1) is 11.7. The third-order valence-electron chi connectivity index (χ3n) is 4.03. The minimum atomic E-state index is -0.866. The Morgan fingerprint density at radius 1 is 1.17 bits per heavy atom. The molecule has 0 saturated carbocycles. The van der Waals surface area contributed by atoms with Crippen molar-refractivity contribution >= 4 is 22.4 Å². The van der Waals surface area contributed by atoms with Gasteiger partial charge in [-0.25, -0.2) is 13.8 Å². The Morgan fingerprint density at radius 2 is 2.04 bits per heavy atom. The number of aryl methyl sites for hydroxylation is 1. The molecule has 119 valence electrons. The minimum Gasteiger partial charge on any atom is -0.345 e. The zero-order chi connectivity index (χ0) is 16.7. The number of halogens is 2. The van der Waals surface area contributed by atoms with Crippen molar-refractivity contribution in [3.8, 4) is 22.3 Å². The minimum absolute atomic E-state index is 0.174. The van der Waals surface area contributed by atoms with Crippen LogP contribution in [-0.4, -0.2) is 9.97 Å². The summed E-state index contributed by atoms with van der Waals surface area (Å²) < 4.78 is 29.2. The van der Waals surface area contributed by atoms with Crippen LogP contribution in [0.25, 0.3) is 33.3 Å². The van der Waals surface area contributed by atoms with Crippen LogP contribution < -0.4 is 0 Å². The van der Waals surface area contributed by atoms with Gasteiger partial charge in [-0.15, -0.1) is 11.3 Å². The lowest BCUT2D eigenvalue weighted by molar-refractivity contribution is 0.513. The van der Waals surface area contributed by atoms with E-state index in [1.807, 2.05) is 18.4 Å². The predicted molar refractivity (Wildman–Crippen MR) is 93.0 cm³/mol. The summed E-state index contributed by atoms with van der Waals surface area (Å²) in [6.07, 6.45) is 2.44. The number of nitrogens with zero attached hydrogens (tertiary/aromatic N) is 1. The lowest BCUT2D eigenvalue weighted by atomic mass is 9.99. The highest BCUT2D eigenvalue weighted by atomic mass is 32.1. The van der Waals surface area contributed by atoms with Crippen LogP contribution in [0.5, 0.6) is 0 Å². The molecule has 2 aromatic carbocycles. The second-order valence-electron chi connectivity index (χ2n) is 5.50. The molecule has 1 radical (unpaired) electrons. The van der Waals surface area contributed by atoms with E-state index in [2.05, 4.69) is 16.0 Å². The van der Waals surface area contributed by atoms with Crippen molar-refractivity contribution in [2.24, 2.45) is 0 Å². The molecule has 0 spiro atoms. The summed E-state index contributed by atoms with van der Waals surface area (Å²) in [6.45, 7) is 2.03. The van der Waals surface area contributed by atoms with E-state index in [1.165, 1.54) is 6.07 Å². The molecule has 5 heteroatoms. The Hall–Kier alpha value is -2.53. The number of aromatic nitrogens is 2. The molecule has 0 fully saturated rings. The third-order valence-corrected chi connectivity index (χ3v) is 5.11. The first kappa shape index (κ1) is 15.0. The number of H-pyrrole nitrogens is 1. The van der Waals surface area contributed by atoms with Crippen LogP contribution >= 0.6 is 11.3 Å². The molecule has 2 heterocycles. The van der Waals surface area contributed by atoms with Gasteiger partial charge < -0.3 is 4.98 Å². The summed E-state index contributed by atoms with van der Waals surface area (Å²) in [5.74, 6) is -1.72. The van der Waals surface area contributed by atoms with Crippen LogP contribution in [0.1, 0.15) is 11.8 Å². The fourth-order valence-electron chi connectivity index (χ4n) is 2.72. The molecule has 4 aromatic rings. The summed E-state index contributed by atoms with van der Waals surface area (Å²) in [4.78, 5) is 8.26. The number of hydrogen-bond donors (Lipinski definition) is 1. The molecule has 0 saturated heterocycles. The monoisotopic (exact) mass is 339 g/mol. The van der Waals surface area contributed by atoms with Gasteiger partial charge in [0.1, 0.15) is 0 Å². The molecule has 0 bridgehead atoms. The van der Waals surface area contributed by atoms with E-state index in [0.29, 0.717) is 16.6 Å². The molecule has 4 rings (SSSR count). The number of imidazole rings is 1. The molecule has 0 atom stereocenters. The normalized spacial score (nSPS) is 11.3. The van der Waals surface area contributed by atoms with Crippen molar-refractivity contribution in [2.75, 3.05) is 0 Å². The van der Waals surface area contributed by atoms with E-state index in [1.54, 1.807) is 35.9 Å². The van der Waals surface area contributed by atoms with Crippen LogP contribution in [0.2, 0.25) is 0 Å². The molecule has 0 aliphatic heterocycles. The van der Waals surface area contributed by atoms with E-state index < -0.39 is 11.6 Å². The van der Waals surface area contributed by atoms with Crippen molar-refractivity contribution in [1.82, 2.24) is 9.97 Å². The molecule has 0 aliphatic carbocycles. The summed E-state index contributed by atoms with van der Waals surface area (Å²) in [7, 11) is 0. The lowest BCUT2D eigenvalue weighted by Crippen LogP contribution is -1.94. The maximum atomic E-state index is 14.6. The summed E-state index contributed by atoms with van der Waals surface area (Å²) in [5, 5.41) is 1.84. The second-order valence-corrected chi connectivity index (χ2v) is 6.49. The third kappa shape index (κ3) is 2.41. The van der Waals surface area contributed by atoms with Crippen molar-refractivity contribution in [2.45, 2.75) is 13.3 Å². The van der Waals surface area contributed by atoms with Gasteiger partial charge >= 0.3 is 0 Å². The number of rotatable bonds is 3. The van der Waals surface area contributed by atoms with Crippen LogP contribution in [0.4, 0.5) is 8.78 Å². The van der Waals surface area contributed by atoms with Gasteiger partial charge in [0.15, 0.2) is 11.6 Å². The maximum absolute atomic E-state index is 14.6. The summed E-state index contributed by atoms with van der Waals surface area (Å²) in [5.41, 5.74) is 3.17. The van der Waals surface area contributed by atoms with Crippen LogP contribution in [0.15, 0.2) is 42.0 Å². The van der Waals surface area contributed by atoms with E-state index >= 15 is 0 Å². The molecule has 2 aromatic heterocycles. The fraction of sp³-hybridized carbons (Fsp3) is 0.105. The fourth-order valence-corrected chi connectivity index (χ4v) is 3.54. The largest absolute Gasteiger partial charge is 0.345 e. The quantitative estimate of drug-likeness (QED) is 0.517. The lowest BCUT2D eigenvalue weighted by Gasteiger charge is -2.08. The predicted octanol–water partition coefficient (Wildman–Crippen LogP) is 5.60. The van der Waals surface area contributed by atoms with Gasteiger partial charge in [0, 0.05) is 16.0 Å². The van der Waals surface area contributed by atoms with E-state index in [4.69, 9.17) is 0 Å². The van der Waals surface area contributed by atoms with Gasteiger partial charge in [0.25, 0.3) is 0 Å². The smallest absolute Gasteiger partial charge is 0.167 e. The topological polar surface area (TPSA) is 28.7 Å². The van der Waals surface area contributed by atoms with Crippen LogP contribution in [-0.2, 0) is 6.42 Å². The average Bonchev–Trinajstić information content (AvgIpc) is 3.25. The van der Waals surface area contributed by atoms with Gasteiger partial charge in [-0.3, -0.25) is 0 Å². The first-order valence-corrected chi connectivity index (χ1v) is 8.46. The SMILES string of the molecule is CCc1cc(-c2[c]cc(-c3ccc4[nH]cnc4c3)c(F)c2F)cs1. The van der Waals surface area contributed by atoms with Gasteiger partial charge in [0.2, 0.25) is 0 Å². The molecular formula is C19H13F2N2S. The van der Waals surface area contributed by atoms with Crippen molar-refractivity contribution < 1.29 is 8.78 Å². The zero-order valence-electron chi connectivity index (χ0n) is 12.9. The van der Waals surface area contributed by atoms with Crippen LogP contribution in [0, 0.1) is 17.7 Å². The van der Waals surface area contributed by atoms with Crippen molar-refractivity contribution in [3.63, 3.8) is 0 Å². The molecular weight excluding hydrogens is 326 g/mol. The highest BCUT2D eigenvalue weighted by Gasteiger charge is 2.17. The number of nitrogens with one attached hydrogen (secondary N) is 1. The van der Waals surface area contributed by atoms with Gasteiger partial charge in [0.05, 0.1) is 17.4 Å². The van der Waals surface area contributed by atoms with Crippen LogP contribution in [0.3, 0.4) is 0 Å². The van der Waals surface area contributed by atoms with Gasteiger partial charge in [-0.2, -0.15) is 0 Å². The van der Waals surface area contributed by atoms with E-state index in [-0.39, 0.29) is 11.1 Å². The first-order valence-electron chi connectivity index (χ1n) is 7.58. The highest BCUT2D eigenvalue weighted by Crippen LogP contribution is 2.33. The molecule has 0 unspecified atom stereocenters. The summed E-state index contributed by atoms with van der Waals surface area (Å²) >= 11 is 1.54. The maximum Gasteiger partial charge on any atom is 0.167 e. The number of benzene rings is 2. The van der Waals surface area contributed by atoms with Gasteiger partial charge in [-0.05, 0) is 53.3 Å². The Balaban J connectivity index is 1.81. The molecule has 0 aliphatic rings. The van der Waals surface area contributed by atoms with Crippen molar-refractivity contribution in [3.05, 3.63) is 64.6 Å². The zero-order valence-corrected chi connectivity index (χ0v) is 13.7. The number of thiophene rings is 1. The molecule has 2 nitrogen and oxygen atoms in total. The molecule has 0 amide bonds. The van der Waals surface area contributed by atoms with Crippen molar-refractivity contribution in [1.29, 1.82) is 0 Å². The van der Waals surface area contributed by atoms with E-state index in [9.17, 15) is 8.78 Å². The summed E-state index contributed by atoms with van der Waals surface area (Å²) in [6, 6.07) is 11.6. The highest BCUT2D eigenvalue weighted by molar-refractivity contribution is 7.10. The standard InChI is InChI=1S/C19H13F2N2S/c1-2-13-7-12(9-24-13)15-5-4-14(18(20)19(15)21)11-3-6-16-17(8-11)23-10-22-16/h3-4,6-10H,2H2,1H3,(H,22,23). The van der Waals surface area contributed by atoms with Gasteiger partial charge in [-0.1, -0.05) is 13.0 Å². The number of fused-ring (bicyclic) bond motifs is 1. The average molecular weight is 339 g/mol. The number of aromatic amines is 1. The molecule has 24 heavy (non-hydrogen) atoms. The Kier molecular flexibility index (Phi) is 3.65. The second kappa shape index (κ2) is 5.83.